The van der Waals surface area contributed by atoms with Gasteiger partial charge in [0.2, 0.25) is 0 Å². The summed E-state index contributed by atoms with van der Waals surface area (Å²) in [5.41, 5.74) is 1.96. The zero-order valence-electron chi connectivity index (χ0n) is 11.5. The van der Waals surface area contributed by atoms with E-state index in [4.69, 9.17) is 4.74 Å². The van der Waals surface area contributed by atoms with Crippen LogP contribution in [0.5, 0.6) is 5.75 Å². The predicted molar refractivity (Wildman–Crippen MR) is 73.1 cm³/mol. The normalized spacial score (nSPS) is 18.8. The molecule has 0 radical (unpaired) electrons. The fourth-order valence-electron chi connectivity index (χ4n) is 2.35. The summed E-state index contributed by atoms with van der Waals surface area (Å²) in [5, 5.41) is 12.6. The second-order valence-electron chi connectivity index (χ2n) is 4.93. The van der Waals surface area contributed by atoms with Crippen molar-refractivity contribution in [3.8, 4) is 5.75 Å². The maximum Gasteiger partial charge on any atom is 0.260 e. The summed E-state index contributed by atoms with van der Waals surface area (Å²) in [7, 11) is 0. The van der Waals surface area contributed by atoms with E-state index in [1.165, 1.54) is 0 Å². The molecule has 4 heteroatoms. The lowest BCUT2D eigenvalue weighted by Gasteiger charge is -2.17. The van der Waals surface area contributed by atoms with Crippen molar-refractivity contribution < 1.29 is 14.6 Å². The molecule has 2 atom stereocenters. The Morgan fingerprint density at radius 2 is 2.37 bits per heavy atom. The van der Waals surface area contributed by atoms with Gasteiger partial charge in [0.1, 0.15) is 5.75 Å². The van der Waals surface area contributed by atoms with Crippen molar-refractivity contribution in [2.24, 2.45) is 0 Å². The number of benzene rings is 1. The lowest BCUT2D eigenvalue weighted by Crippen LogP contribution is -2.36. The molecule has 0 bridgehead atoms. The summed E-state index contributed by atoms with van der Waals surface area (Å²) < 4.78 is 5.74. The average molecular weight is 263 g/mol. The van der Waals surface area contributed by atoms with Crippen LogP contribution in [0.4, 0.5) is 0 Å². The third-order valence-corrected chi connectivity index (χ3v) is 3.42. The number of hydrogen-bond acceptors (Lipinski definition) is 3. The van der Waals surface area contributed by atoms with Crippen molar-refractivity contribution in [2.75, 3.05) is 6.54 Å². The van der Waals surface area contributed by atoms with Gasteiger partial charge < -0.3 is 15.2 Å². The van der Waals surface area contributed by atoms with Crippen LogP contribution in [0.3, 0.4) is 0 Å². The van der Waals surface area contributed by atoms with E-state index < -0.39 is 12.2 Å². The molecule has 0 spiro atoms. The van der Waals surface area contributed by atoms with Crippen molar-refractivity contribution in [1.29, 1.82) is 0 Å². The van der Waals surface area contributed by atoms with Crippen molar-refractivity contribution in [3.05, 3.63) is 29.3 Å². The SMILES string of the molecule is CCCNC(=O)C(C)Oc1cccc2c1CCC2O. The Morgan fingerprint density at radius 1 is 1.58 bits per heavy atom. The van der Waals surface area contributed by atoms with Crippen LogP contribution in [0.25, 0.3) is 0 Å². The van der Waals surface area contributed by atoms with Crippen molar-refractivity contribution in [1.82, 2.24) is 5.32 Å². The number of ether oxygens (including phenoxy) is 1. The van der Waals surface area contributed by atoms with Gasteiger partial charge in [-0.3, -0.25) is 4.79 Å². The molecule has 0 aliphatic heterocycles. The number of aliphatic hydroxyl groups is 1. The van der Waals surface area contributed by atoms with Crippen LogP contribution in [0, 0.1) is 0 Å². The molecule has 0 saturated heterocycles. The van der Waals surface area contributed by atoms with Crippen molar-refractivity contribution in [2.45, 2.75) is 45.3 Å². The number of fused-ring (bicyclic) bond motifs is 1. The monoisotopic (exact) mass is 263 g/mol. The van der Waals surface area contributed by atoms with Gasteiger partial charge in [-0.2, -0.15) is 0 Å². The molecule has 0 heterocycles. The molecule has 104 valence electrons. The Kier molecular flexibility index (Phi) is 4.43. The maximum absolute atomic E-state index is 11.8. The van der Waals surface area contributed by atoms with Gasteiger partial charge in [0.15, 0.2) is 6.10 Å². The quantitative estimate of drug-likeness (QED) is 0.853. The van der Waals surface area contributed by atoms with Gasteiger partial charge in [-0.05, 0) is 37.8 Å². The Balaban J connectivity index is 2.06. The first-order chi connectivity index (χ1) is 9.13. The molecular formula is C15H21NO3. The molecule has 2 rings (SSSR count). The minimum atomic E-state index is -0.518. The van der Waals surface area contributed by atoms with E-state index in [-0.39, 0.29) is 5.91 Å². The molecular weight excluding hydrogens is 242 g/mol. The number of rotatable bonds is 5. The summed E-state index contributed by atoms with van der Waals surface area (Å²) in [5.74, 6) is 0.617. The Labute approximate surface area is 113 Å². The molecule has 4 nitrogen and oxygen atoms in total. The van der Waals surface area contributed by atoms with Crippen molar-refractivity contribution in [3.63, 3.8) is 0 Å². The molecule has 1 aromatic rings. The molecule has 2 N–H and O–H groups in total. The van der Waals surface area contributed by atoms with E-state index in [0.29, 0.717) is 12.3 Å². The lowest BCUT2D eigenvalue weighted by atomic mass is 10.1. The summed E-state index contributed by atoms with van der Waals surface area (Å²) in [4.78, 5) is 11.8. The minimum Gasteiger partial charge on any atom is -0.481 e. The standard InChI is InChI=1S/C15H21NO3/c1-3-9-16-15(18)10(2)19-14-6-4-5-11-12(14)7-8-13(11)17/h4-6,10,13,17H,3,7-9H2,1-2H3,(H,16,18). The molecule has 1 aliphatic carbocycles. The molecule has 1 aromatic carbocycles. The number of carbonyl (C=O) groups excluding carboxylic acids is 1. The van der Waals surface area contributed by atoms with Crippen LogP contribution >= 0.6 is 0 Å². The van der Waals surface area contributed by atoms with Gasteiger partial charge in [-0.15, -0.1) is 0 Å². The number of carbonyl (C=O) groups is 1. The lowest BCUT2D eigenvalue weighted by molar-refractivity contribution is -0.127. The Morgan fingerprint density at radius 3 is 3.11 bits per heavy atom. The van der Waals surface area contributed by atoms with Crippen LogP contribution in [0.1, 0.15) is 43.9 Å². The van der Waals surface area contributed by atoms with Gasteiger partial charge in [-0.25, -0.2) is 0 Å². The fourth-order valence-corrected chi connectivity index (χ4v) is 2.35. The van der Waals surface area contributed by atoms with Crippen LogP contribution in [0.2, 0.25) is 0 Å². The van der Waals surface area contributed by atoms with Gasteiger partial charge >= 0.3 is 0 Å². The van der Waals surface area contributed by atoms with E-state index in [1.54, 1.807) is 6.92 Å². The molecule has 2 unspecified atom stereocenters. The topological polar surface area (TPSA) is 58.6 Å². The first-order valence-electron chi connectivity index (χ1n) is 6.87. The van der Waals surface area contributed by atoms with Crippen LogP contribution in [-0.4, -0.2) is 23.7 Å². The van der Waals surface area contributed by atoms with Crippen LogP contribution in [-0.2, 0) is 11.2 Å². The van der Waals surface area contributed by atoms with E-state index in [0.717, 1.165) is 30.4 Å². The first kappa shape index (κ1) is 13.9. The zero-order valence-corrected chi connectivity index (χ0v) is 11.5. The number of hydrogen-bond donors (Lipinski definition) is 2. The van der Waals surface area contributed by atoms with E-state index in [1.807, 2.05) is 25.1 Å². The van der Waals surface area contributed by atoms with Gasteiger partial charge in [0.25, 0.3) is 5.91 Å². The number of aliphatic hydroxyl groups excluding tert-OH is 1. The predicted octanol–water partition coefficient (Wildman–Crippen LogP) is 1.96. The largest absolute Gasteiger partial charge is 0.481 e. The summed E-state index contributed by atoms with van der Waals surface area (Å²) in [6.45, 7) is 4.42. The molecule has 0 fully saturated rings. The van der Waals surface area contributed by atoms with Crippen LogP contribution < -0.4 is 10.1 Å². The Hall–Kier alpha value is -1.55. The highest BCUT2D eigenvalue weighted by Crippen LogP contribution is 2.36. The zero-order chi connectivity index (χ0) is 13.8. The highest BCUT2D eigenvalue weighted by molar-refractivity contribution is 5.80. The number of amides is 1. The summed E-state index contributed by atoms with van der Waals surface area (Å²) in [6, 6.07) is 5.64. The molecule has 1 aliphatic rings. The molecule has 19 heavy (non-hydrogen) atoms. The first-order valence-corrected chi connectivity index (χ1v) is 6.87. The summed E-state index contributed by atoms with van der Waals surface area (Å²) >= 11 is 0. The molecule has 0 aromatic heterocycles. The second kappa shape index (κ2) is 6.06. The van der Waals surface area contributed by atoms with Crippen LogP contribution in [0.15, 0.2) is 18.2 Å². The van der Waals surface area contributed by atoms with E-state index in [9.17, 15) is 9.90 Å². The molecule has 1 amide bonds. The van der Waals surface area contributed by atoms with Crippen molar-refractivity contribution >= 4 is 5.91 Å². The fraction of sp³-hybridized carbons (Fsp3) is 0.533. The maximum atomic E-state index is 11.8. The third-order valence-electron chi connectivity index (χ3n) is 3.42. The highest BCUT2D eigenvalue weighted by Gasteiger charge is 2.24. The second-order valence-corrected chi connectivity index (χ2v) is 4.93. The third kappa shape index (κ3) is 3.07. The summed E-state index contributed by atoms with van der Waals surface area (Å²) in [6.07, 6.45) is 1.52. The van der Waals surface area contributed by atoms with Gasteiger partial charge in [-0.1, -0.05) is 19.1 Å². The molecule has 0 saturated carbocycles. The van der Waals surface area contributed by atoms with E-state index >= 15 is 0 Å². The van der Waals surface area contributed by atoms with Gasteiger partial charge in [0.05, 0.1) is 6.10 Å². The Bertz CT molecular complexity index is 459. The minimum absolute atomic E-state index is 0.0991. The van der Waals surface area contributed by atoms with E-state index in [2.05, 4.69) is 5.32 Å². The average Bonchev–Trinajstić information content (AvgIpc) is 2.79. The number of nitrogens with one attached hydrogen (secondary N) is 1. The van der Waals surface area contributed by atoms with Gasteiger partial charge in [0, 0.05) is 12.1 Å². The highest BCUT2D eigenvalue weighted by atomic mass is 16.5. The smallest absolute Gasteiger partial charge is 0.260 e.